The molecular formula is C11H10N2O5S. The second-order valence-electron chi connectivity index (χ2n) is 2.96. The number of hydrogen-bond donors (Lipinski definition) is 0. The molecule has 0 aromatic heterocycles. The third-order valence-corrected chi connectivity index (χ3v) is 2.65. The lowest BCUT2D eigenvalue weighted by molar-refractivity contribution is 0.114. The van der Waals surface area contributed by atoms with Crippen molar-refractivity contribution < 1.29 is 23.3 Å². The van der Waals surface area contributed by atoms with Crippen LogP contribution in [0.25, 0.3) is 0 Å². The van der Waals surface area contributed by atoms with E-state index in [2.05, 4.69) is 15.0 Å². The van der Waals surface area contributed by atoms with Gasteiger partial charge in [0.1, 0.15) is 12.4 Å². The van der Waals surface area contributed by atoms with E-state index in [0.29, 0.717) is 16.3 Å². The van der Waals surface area contributed by atoms with Crippen LogP contribution in [0.15, 0.2) is 33.2 Å². The van der Waals surface area contributed by atoms with Crippen LogP contribution >= 0.6 is 12.0 Å². The lowest BCUT2D eigenvalue weighted by Crippen LogP contribution is -1.96. The van der Waals surface area contributed by atoms with E-state index in [1.807, 2.05) is 0 Å². The maximum absolute atomic E-state index is 10.3. The Morgan fingerprint density at radius 1 is 1.26 bits per heavy atom. The number of nitrogens with zero attached hydrogens (tertiary/aromatic N) is 2. The monoisotopic (exact) mass is 282 g/mol. The van der Waals surface area contributed by atoms with Gasteiger partial charge in [0, 0.05) is 23.3 Å². The molecule has 0 saturated heterocycles. The molecule has 7 nitrogen and oxygen atoms in total. The number of isocyanates is 2. The van der Waals surface area contributed by atoms with Crippen molar-refractivity contribution in [3.8, 4) is 5.75 Å². The van der Waals surface area contributed by atoms with Crippen molar-refractivity contribution in [2.45, 2.75) is 4.90 Å². The molecule has 0 aliphatic heterocycles. The van der Waals surface area contributed by atoms with Gasteiger partial charge < -0.3 is 13.8 Å². The first-order valence-electron chi connectivity index (χ1n) is 5.06. The van der Waals surface area contributed by atoms with Crippen LogP contribution in [0.3, 0.4) is 0 Å². The average Bonchev–Trinajstić information content (AvgIpc) is 2.44. The summed E-state index contributed by atoms with van der Waals surface area (Å²) in [5, 5.41) is 2.90. The molecule has 0 heterocycles. The van der Waals surface area contributed by atoms with Gasteiger partial charge in [-0.1, -0.05) is 0 Å². The number of carbonyl (C=O) groups excluding carboxylic acids is 2. The second-order valence-corrected chi connectivity index (χ2v) is 3.80. The van der Waals surface area contributed by atoms with E-state index in [0.717, 1.165) is 12.0 Å². The fourth-order valence-electron chi connectivity index (χ4n) is 1.08. The van der Waals surface area contributed by atoms with Crippen LogP contribution in [0.5, 0.6) is 5.75 Å². The molecule has 0 amide bonds. The molecule has 0 radical (unpaired) electrons. The molecule has 0 N–H and O–H groups in total. The molecule has 1 rings (SSSR count). The molecule has 100 valence electrons. The lowest BCUT2D eigenvalue weighted by Gasteiger charge is -2.06. The molecule has 0 spiro atoms. The zero-order valence-corrected chi connectivity index (χ0v) is 10.8. The van der Waals surface area contributed by atoms with Crippen LogP contribution in [-0.4, -0.2) is 32.5 Å². The SMILES string of the molecule is COc1ccc(SOCCON=C=O)c(N=C=O)c1. The van der Waals surface area contributed by atoms with Gasteiger partial charge in [-0.2, -0.15) is 4.99 Å². The molecule has 19 heavy (non-hydrogen) atoms. The maximum Gasteiger partial charge on any atom is 0.276 e. The lowest BCUT2D eigenvalue weighted by atomic mass is 10.3. The van der Waals surface area contributed by atoms with E-state index in [9.17, 15) is 9.59 Å². The standard InChI is InChI=1S/C11H10N2O5S/c1-16-9-2-3-11(10(6-9)12-7-14)19-18-5-4-17-13-8-15/h2-3,6H,4-5H2,1H3. The molecular weight excluding hydrogens is 272 g/mol. The Morgan fingerprint density at radius 2 is 2.11 bits per heavy atom. The summed E-state index contributed by atoms with van der Waals surface area (Å²) in [5.41, 5.74) is 0.395. The number of methoxy groups -OCH3 is 1. The van der Waals surface area contributed by atoms with Gasteiger partial charge >= 0.3 is 0 Å². The third-order valence-electron chi connectivity index (χ3n) is 1.84. The van der Waals surface area contributed by atoms with Gasteiger partial charge in [-0.15, -0.1) is 0 Å². The first-order chi connectivity index (χ1) is 9.31. The summed E-state index contributed by atoms with van der Waals surface area (Å²) in [6.07, 6.45) is 2.70. The van der Waals surface area contributed by atoms with E-state index < -0.39 is 0 Å². The summed E-state index contributed by atoms with van der Waals surface area (Å²) in [6.45, 7) is 0.316. The van der Waals surface area contributed by atoms with Crippen molar-refractivity contribution in [2.24, 2.45) is 10.1 Å². The Morgan fingerprint density at radius 3 is 2.79 bits per heavy atom. The van der Waals surface area contributed by atoms with E-state index in [-0.39, 0.29) is 13.2 Å². The Kier molecular flexibility index (Phi) is 7.01. The van der Waals surface area contributed by atoms with E-state index >= 15 is 0 Å². The zero-order valence-electron chi connectivity index (χ0n) is 9.99. The summed E-state index contributed by atoms with van der Waals surface area (Å²) >= 11 is 1.02. The molecule has 0 aliphatic carbocycles. The maximum atomic E-state index is 10.3. The molecule has 0 unspecified atom stereocenters. The van der Waals surface area contributed by atoms with Crippen LogP contribution in [-0.2, 0) is 18.6 Å². The fourth-order valence-corrected chi connectivity index (χ4v) is 1.67. The van der Waals surface area contributed by atoms with Crippen molar-refractivity contribution in [1.82, 2.24) is 0 Å². The van der Waals surface area contributed by atoms with E-state index in [4.69, 9.17) is 8.92 Å². The van der Waals surface area contributed by atoms with Gasteiger partial charge in [0.05, 0.1) is 24.3 Å². The van der Waals surface area contributed by atoms with Crippen LogP contribution < -0.4 is 4.74 Å². The first-order valence-corrected chi connectivity index (χ1v) is 5.80. The molecule has 0 saturated carbocycles. The van der Waals surface area contributed by atoms with Crippen molar-refractivity contribution >= 4 is 29.9 Å². The first kappa shape index (κ1) is 14.9. The average molecular weight is 282 g/mol. The predicted molar refractivity (Wildman–Crippen MR) is 66.7 cm³/mol. The predicted octanol–water partition coefficient (Wildman–Crippen LogP) is 1.95. The number of benzene rings is 1. The van der Waals surface area contributed by atoms with Crippen molar-refractivity contribution in [2.75, 3.05) is 20.3 Å². The van der Waals surface area contributed by atoms with E-state index in [1.165, 1.54) is 19.3 Å². The summed E-state index contributed by atoms with van der Waals surface area (Å²) < 4.78 is 10.2. The zero-order chi connectivity index (χ0) is 13.9. The van der Waals surface area contributed by atoms with Gasteiger partial charge in [0.2, 0.25) is 6.08 Å². The number of aliphatic imine (C=N–C) groups is 1. The normalized spacial score (nSPS) is 9.11. The van der Waals surface area contributed by atoms with Gasteiger partial charge in [-0.05, 0) is 12.1 Å². The summed E-state index contributed by atoms with van der Waals surface area (Å²) in [6, 6.07) is 5.00. The Labute approximate surface area is 113 Å². The van der Waals surface area contributed by atoms with Gasteiger partial charge in [0.15, 0.2) is 0 Å². The van der Waals surface area contributed by atoms with Gasteiger partial charge in [0.25, 0.3) is 6.08 Å². The highest BCUT2D eigenvalue weighted by Crippen LogP contribution is 2.33. The Bertz CT molecular complexity index is 510. The van der Waals surface area contributed by atoms with Crippen molar-refractivity contribution in [3.05, 3.63) is 18.2 Å². The van der Waals surface area contributed by atoms with Crippen LogP contribution in [0, 0.1) is 0 Å². The highest BCUT2D eigenvalue weighted by atomic mass is 32.2. The smallest absolute Gasteiger partial charge is 0.276 e. The number of rotatable bonds is 8. The molecule has 0 aliphatic rings. The minimum atomic E-state index is 0.116. The number of ether oxygens (including phenoxy) is 1. The minimum Gasteiger partial charge on any atom is -0.497 e. The molecule has 0 fully saturated rings. The quantitative estimate of drug-likeness (QED) is 0.238. The minimum absolute atomic E-state index is 0.116. The largest absolute Gasteiger partial charge is 0.497 e. The molecule has 0 bridgehead atoms. The topological polar surface area (TPSA) is 86.5 Å². The number of hydrogen-bond acceptors (Lipinski definition) is 8. The molecule has 1 aromatic carbocycles. The van der Waals surface area contributed by atoms with Crippen LogP contribution in [0.4, 0.5) is 5.69 Å². The molecule has 0 atom stereocenters. The molecule has 8 heteroatoms. The van der Waals surface area contributed by atoms with Crippen molar-refractivity contribution in [1.29, 1.82) is 0 Å². The Balaban J connectivity index is 2.57. The highest BCUT2D eigenvalue weighted by molar-refractivity contribution is 7.94. The van der Waals surface area contributed by atoms with Gasteiger partial charge in [-0.25, -0.2) is 9.59 Å². The van der Waals surface area contributed by atoms with E-state index in [1.54, 1.807) is 18.2 Å². The van der Waals surface area contributed by atoms with Crippen LogP contribution in [0.2, 0.25) is 0 Å². The summed E-state index contributed by atoms with van der Waals surface area (Å²) in [7, 11) is 1.51. The highest BCUT2D eigenvalue weighted by Gasteiger charge is 2.05. The molecule has 1 aromatic rings. The Hall–Kier alpha value is -2.11. The van der Waals surface area contributed by atoms with Gasteiger partial charge in [-0.3, -0.25) is 0 Å². The second kappa shape index (κ2) is 8.91. The fraction of sp³-hybridized carbons (Fsp3) is 0.273. The third kappa shape index (κ3) is 5.37. The van der Waals surface area contributed by atoms with Crippen LogP contribution in [0.1, 0.15) is 0 Å². The summed E-state index contributed by atoms with van der Waals surface area (Å²) in [5.74, 6) is 0.571. The van der Waals surface area contributed by atoms with Crippen molar-refractivity contribution in [3.63, 3.8) is 0 Å². The summed E-state index contributed by atoms with van der Waals surface area (Å²) in [4.78, 5) is 28.7.